The lowest BCUT2D eigenvalue weighted by Gasteiger charge is -2.03. The lowest BCUT2D eigenvalue weighted by atomic mass is 10.2. The molecule has 9 heteroatoms. The second-order valence-electron chi connectivity index (χ2n) is 4.94. The third-order valence-corrected chi connectivity index (χ3v) is 5.10. The summed E-state index contributed by atoms with van der Waals surface area (Å²) in [6, 6.07) is 3.44. The van der Waals surface area contributed by atoms with Crippen molar-refractivity contribution in [2.75, 3.05) is 12.9 Å². The van der Waals surface area contributed by atoms with Crippen molar-refractivity contribution in [2.45, 2.75) is 18.6 Å². The number of fused-ring (bicyclic) bond motifs is 1. The Labute approximate surface area is 151 Å². The van der Waals surface area contributed by atoms with Crippen LogP contribution in [0, 0.1) is 6.92 Å². The van der Waals surface area contributed by atoms with Gasteiger partial charge in [-0.1, -0.05) is 11.8 Å². The predicted molar refractivity (Wildman–Crippen MR) is 92.7 cm³/mol. The zero-order valence-corrected chi connectivity index (χ0v) is 15.1. The summed E-state index contributed by atoms with van der Waals surface area (Å²) in [6.45, 7) is 1.60. The maximum Gasteiger partial charge on any atom is 0.341 e. The molecule has 0 radical (unpaired) electrons. The second kappa shape index (κ2) is 7.66. The number of aromatic nitrogens is 2. The van der Waals surface area contributed by atoms with Crippen LogP contribution >= 0.6 is 23.1 Å². The summed E-state index contributed by atoms with van der Waals surface area (Å²) in [5, 5.41) is 3.60. The number of thiophene rings is 1. The van der Waals surface area contributed by atoms with Gasteiger partial charge in [0.05, 0.1) is 12.9 Å². The SMILES string of the molecule is COC(=O)c1cc(COC(=O)CSc2ncnc3sccc23)oc1C. The fourth-order valence-corrected chi connectivity index (χ4v) is 3.71. The highest BCUT2D eigenvalue weighted by molar-refractivity contribution is 8.00. The number of furan rings is 1. The van der Waals surface area contributed by atoms with Gasteiger partial charge in [-0.05, 0) is 24.4 Å². The van der Waals surface area contributed by atoms with Crippen molar-refractivity contribution in [2.24, 2.45) is 0 Å². The summed E-state index contributed by atoms with van der Waals surface area (Å²) in [6.07, 6.45) is 1.48. The van der Waals surface area contributed by atoms with Crippen molar-refractivity contribution in [1.82, 2.24) is 9.97 Å². The molecular weight excluding hydrogens is 364 g/mol. The Morgan fingerprint density at radius 3 is 3.00 bits per heavy atom. The summed E-state index contributed by atoms with van der Waals surface area (Å²) in [5.41, 5.74) is 0.323. The molecule has 0 atom stereocenters. The van der Waals surface area contributed by atoms with Crippen LogP contribution in [0.1, 0.15) is 21.9 Å². The van der Waals surface area contributed by atoms with Gasteiger partial charge in [-0.15, -0.1) is 11.3 Å². The lowest BCUT2D eigenvalue weighted by molar-refractivity contribution is -0.142. The van der Waals surface area contributed by atoms with Crippen LogP contribution in [0.5, 0.6) is 0 Å². The Balaban J connectivity index is 1.55. The van der Waals surface area contributed by atoms with Crippen LogP contribution in [0.2, 0.25) is 0 Å². The molecule has 3 aromatic rings. The summed E-state index contributed by atoms with van der Waals surface area (Å²) in [5.74, 6) is 0.0381. The number of carbonyl (C=O) groups excluding carboxylic acids is 2. The van der Waals surface area contributed by atoms with E-state index in [0.29, 0.717) is 17.1 Å². The second-order valence-corrected chi connectivity index (χ2v) is 6.80. The molecule has 3 aromatic heterocycles. The van der Waals surface area contributed by atoms with E-state index in [1.165, 1.54) is 42.6 Å². The predicted octanol–water partition coefficient (Wildman–Crippen LogP) is 3.21. The Kier molecular flexibility index (Phi) is 5.34. The topological polar surface area (TPSA) is 91.5 Å². The van der Waals surface area contributed by atoms with Gasteiger partial charge < -0.3 is 13.9 Å². The van der Waals surface area contributed by atoms with Crippen LogP contribution < -0.4 is 0 Å². The molecule has 3 heterocycles. The van der Waals surface area contributed by atoms with Crippen LogP contribution in [0.25, 0.3) is 10.2 Å². The van der Waals surface area contributed by atoms with Gasteiger partial charge in [-0.25, -0.2) is 14.8 Å². The zero-order chi connectivity index (χ0) is 17.8. The van der Waals surface area contributed by atoms with E-state index in [9.17, 15) is 9.59 Å². The average molecular weight is 378 g/mol. The monoisotopic (exact) mass is 378 g/mol. The van der Waals surface area contributed by atoms with E-state index < -0.39 is 11.9 Å². The molecule has 0 aliphatic rings. The molecule has 0 saturated carbocycles. The summed E-state index contributed by atoms with van der Waals surface area (Å²) in [7, 11) is 1.29. The summed E-state index contributed by atoms with van der Waals surface area (Å²) in [4.78, 5) is 32.7. The van der Waals surface area contributed by atoms with Crippen molar-refractivity contribution >= 4 is 45.3 Å². The van der Waals surface area contributed by atoms with E-state index in [1.54, 1.807) is 6.92 Å². The molecule has 0 bridgehead atoms. The van der Waals surface area contributed by atoms with Crippen LogP contribution in [-0.2, 0) is 20.9 Å². The number of ether oxygens (including phenoxy) is 2. The number of hydrogen-bond acceptors (Lipinski definition) is 9. The third-order valence-electron chi connectivity index (χ3n) is 3.30. The number of rotatable bonds is 6. The summed E-state index contributed by atoms with van der Waals surface area (Å²) >= 11 is 2.81. The number of methoxy groups -OCH3 is 1. The Morgan fingerprint density at radius 1 is 1.36 bits per heavy atom. The van der Waals surface area contributed by atoms with Crippen molar-refractivity contribution in [1.29, 1.82) is 0 Å². The first kappa shape index (κ1) is 17.4. The van der Waals surface area contributed by atoms with E-state index >= 15 is 0 Å². The molecule has 0 spiro atoms. The molecule has 0 unspecified atom stereocenters. The van der Waals surface area contributed by atoms with E-state index in [1.807, 2.05) is 11.4 Å². The highest BCUT2D eigenvalue weighted by atomic mass is 32.2. The molecule has 0 saturated heterocycles. The number of esters is 2. The first-order chi connectivity index (χ1) is 12.1. The molecule has 130 valence electrons. The van der Waals surface area contributed by atoms with Gasteiger partial charge in [0.2, 0.25) is 0 Å². The maximum absolute atomic E-state index is 11.9. The van der Waals surface area contributed by atoms with Crippen molar-refractivity contribution in [3.8, 4) is 0 Å². The number of hydrogen-bond donors (Lipinski definition) is 0. The van der Waals surface area contributed by atoms with Gasteiger partial charge in [0, 0.05) is 5.39 Å². The molecule has 0 aromatic carbocycles. The maximum atomic E-state index is 11.9. The molecule has 7 nitrogen and oxygen atoms in total. The van der Waals surface area contributed by atoms with Crippen molar-refractivity contribution < 1.29 is 23.5 Å². The largest absolute Gasteiger partial charge is 0.465 e. The van der Waals surface area contributed by atoms with Gasteiger partial charge in [-0.3, -0.25) is 4.79 Å². The molecule has 0 aliphatic heterocycles. The Morgan fingerprint density at radius 2 is 2.20 bits per heavy atom. The Hall–Kier alpha value is -2.39. The number of aryl methyl sites for hydroxylation is 1. The quantitative estimate of drug-likeness (QED) is 0.367. The molecule has 0 N–H and O–H groups in total. The van der Waals surface area contributed by atoms with E-state index in [2.05, 4.69) is 14.7 Å². The average Bonchev–Trinajstić information content (AvgIpc) is 3.24. The summed E-state index contributed by atoms with van der Waals surface area (Å²) < 4.78 is 15.2. The van der Waals surface area contributed by atoms with Crippen molar-refractivity contribution in [3.05, 3.63) is 40.9 Å². The van der Waals surface area contributed by atoms with Crippen LogP contribution in [0.15, 0.2) is 33.3 Å². The van der Waals surface area contributed by atoms with Gasteiger partial charge in [0.15, 0.2) is 0 Å². The number of carbonyl (C=O) groups is 2. The van der Waals surface area contributed by atoms with Crippen molar-refractivity contribution in [3.63, 3.8) is 0 Å². The minimum Gasteiger partial charge on any atom is -0.465 e. The van der Waals surface area contributed by atoms with E-state index in [4.69, 9.17) is 9.15 Å². The smallest absolute Gasteiger partial charge is 0.341 e. The zero-order valence-electron chi connectivity index (χ0n) is 13.5. The van der Waals surface area contributed by atoms with Crippen LogP contribution in [-0.4, -0.2) is 34.8 Å². The highest BCUT2D eigenvalue weighted by Gasteiger charge is 2.16. The molecular formula is C16H14N2O5S2. The minimum atomic E-state index is -0.488. The first-order valence-electron chi connectivity index (χ1n) is 7.22. The minimum absolute atomic E-state index is 0.0468. The Bertz CT molecular complexity index is 918. The highest BCUT2D eigenvalue weighted by Crippen LogP contribution is 2.27. The molecule has 3 rings (SSSR count). The van der Waals surface area contributed by atoms with E-state index in [-0.39, 0.29) is 12.4 Å². The number of thioether (sulfide) groups is 1. The van der Waals surface area contributed by atoms with Gasteiger partial charge in [0.1, 0.15) is 39.9 Å². The first-order valence-corrected chi connectivity index (χ1v) is 9.09. The lowest BCUT2D eigenvalue weighted by Crippen LogP contribution is -2.07. The van der Waals surface area contributed by atoms with Gasteiger partial charge in [-0.2, -0.15) is 0 Å². The van der Waals surface area contributed by atoms with E-state index in [0.717, 1.165) is 15.2 Å². The fraction of sp³-hybridized carbons (Fsp3) is 0.250. The van der Waals surface area contributed by atoms with Crippen LogP contribution in [0.4, 0.5) is 0 Å². The fourth-order valence-electron chi connectivity index (χ4n) is 2.13. The normalized spacial score (nSPS) is 10.8. The molecule has 0 amide bonds. The molecule has 25 heavy (non-hydrogen) atoms. The van der Waals surface area contributed by atoms with Crippen LogP contribution in [0.3, 0.4) is 0 Å². The molecule has 0 fully saturated rings. The standard InChI is InChI=1S/C16H14N2O5S2/c1-9-12(16(20)21-2)5-10(23-9)6-22-13(19)7-25-15-11-3-4-24-14(11)17-8-18-15/h3-5,8H,6-7H2,1-2H3. The third kappa shape index (κ3) is 3.99. The number of nitrogens with zero attached hydrogens (tertiary/aromatic N) is 2. The van der Waals surface area contributed by atoms with Gasteiger partial charge in [0.25, 0.3) is 0 Å². The van der Waals surface area contributed by atoms with Gasteiger partial charge >= 0.3 is 11.9 Å². The molecule has 0 aliphatic carbocycles.